The predicted molar refractivity (Wildman–Crippen MR) is 102 cm³/mol. The quantitative estimate of drug-likeness (QED) is 0.645. The Morgan fingerprint density at radius 1 is 1.04 bits per heavy atom. The normalized spacial score (nSPS) is 13.6. The second kappa shape index (κ2) is 9.94. The van der Waals surface area contributed by atoms with E-state index in [-0.39, 0.29) is 12.3 Å². The van der Waals surface area contributed by atoms with Crippen molar-refractivity contribution < 1.29 is 24.2 Å². The number of nitrogens with one attached hydrogen (secondary N) is 2. The van der Waals surface area contributed by atoms with Gasteiger partial charge in [-0.25, -0.2) is 9.59 Å². The molecule has 2 atom stereocenters. The summed E-state index contributed by atoms with van der Waals surface area (Å²) in [5.74, 6) is -1.56. The molecule has 0 bridgehead atoms. The fourth-order valence-corrected chi connectivity index (χ4v) is 2.47. The van der Waals surface area contributed by atoms with Crippen LogP contribution in [0.2, 0.25) is 0 Å². The first kappa shape index (κ1) is 22.5. The van der Waals surface area contributed by atoms with Crippen molar-refractivity contribution in [1.82, 2.24) is 10.6 Å². The molecule has 0 saturated carbocycles. The summed E-state index contributed by atoms with van der Waals surface area (Å²) < 4.78 is 5.20. The third-order valence-electron chi connectivity index (χ3n) is 3.61. The highest BCUT2D eigenvalue weighted by molar-refractivity contribution is 5.89. The molecular weight excluding hydrogens is 348 g/mol. The minimum atomic E-state index is -1.13. The first-order valence-electron chi connectivity index (χ1n) is 9.04. The average Bonchev–Trinajstić information content (AvgIpc) is 2.52. The van der Waals surface area contributed by atoms with E-state index in [2.05, 4.69) is 10.6 Å². The Kier molecular flexibility index (Phi) is 8.28. The molecule has 1 rings (SSSR count). The van der Waals surface area contributed by atoms with Crippen molar-refractivity contribution in [1.29, 1.82) is 0 Å². The third kappa shape index (κ3) is 9.08. The lowest BCUT2D eigenvalue weighted by Crippen LogP contribution is -2.53. The molecule has 0 spiro atoms. The third-order valence-corrected chi connectivity index (χ3v) is 3.61. The number of carbonyl (C=O) groups is 3. The largest absolute Gasteiger partial charge is 0.480 e. The van der Waals surface area contributed by atoms with Gasteiger partial charge in [-0.3, -0.25) is 4.79 Å². The van der Waals surface area contributed by atoms with E-state index in [1.807, 2.05) is 32.0 Å². The molecule has 0 aliphatic rings. The number of alkyl carbamates (subject to hydrolysis) is 1. The van der Waals surface area contributed by atoms with Gasteiger partial charge in [0, 0.05) is 6.42 Å². The maximum Gasteiger partial charge on any atom is 0.408 e. The number of rotatable bonds is 8. The van der Waals surface area contributed by atoms with Crippen LogP contribution in [-0.2, 0) is 20.7 Å². The summed E-state index contributed by atoms with van der Waals surface area (Å²) in [4.78, 5) is 36.2. The summed E-state index contributed by atoms with van der Waals surface area (Å²) in [5.41, 5.74) is 0.102. The Balaban J connectivity index is 2.82. The lowest BCUT2D eigenvalue weighted by molar-refractivity contribution is -0.142. The van der Waals surface area contributed by atoms with Crippen LogP contribution < -0.4 is 10.6 Å². The molecule has 2 amide bonds. The predicted octanol–water partition coefficient (Wildman–Crippen LogP) is 2.74. The monoisotopic (exact) mass is 378 g/mol. The summed E-state index contributed by atoms with van der Waals surface area (Å²) in [6, 6.07) is 7.08. The van der Waals surface area contributed by atoms with Crippen molar-refractivity contribution in [2.45, 2.75) is 65.1 Å². The van der Waals surface area contributed by atoms with Gasteiger partial charge in [-0.05, 0) is 38.7 Å². The Labute approximate surface area is 160 Å². The second-order valence-corrected chi connectivity index (χ2v) is 7.92. The van der Waals surface area contributed by atoms with Crippen LogP contribution in [0.25, 0.3) is 0 Å². The molecule has 0 heterocycles. The Hall–Kier alpha value is -2.57. The van der Waals surface area contributed by atoms with Gasteiger partial charge in [-0.15, -0.1) is 0 Å². The summed E-state index contributed by atoms with van der Waals surface area (Å²) in [6.07, 6.45) is -0.191. The standard InChI is InChI=1S/C20H30N2O5/c1-13(2)11-15(22-19(26)27-20(3,4)5)17(23)21-16(18(24)25)12-14-9-7-6-8-10-14/h6-10,13,15-16H,11-12H2,1-5H3,(H,21,23)(H,22,26)(H,24,25)/t15-,16-/m0/s1. The molecule has 3 N–H and O–H groups in total. The van der Waals surface area contributed by atoms with Crippen molar-refractivity contribution in [2.24, 2.45) is 5.92 Å². The topological polar surface area (TPSA) is 105 Å². The van der Waals surface area contributed by atoms with Crippen molar-refractivity contribution in [3.8, 4) is 0 Å². The van der Waals surface area contributed by atoms with Crippen LogP contribution in [0.1, 0.15) is 46.6 Å². The fraction of sp³-hybridized carbons (Fsp3) is 0.550. The SMILES string of the molecule is CC(C)C[C@H](NC(=O)OC(C)(C)C)C(=O)N[C@@H](Cc1ccccc1)C(=O)O. The van der Waals surface area contributed by atoms with Crippen molar-refractivity contribution in [3.63, 3.8) is 0 Å². The molecule has 7 nitrogen and oxygen atoms in total. The molecule has 150 valence electrons. The maximum atomic E-state index is 12.6. The van der Waals surface area contributed by atoms with E-state index in [9.17, 15) is 19.5 Å². The van der Waals surface area contributed by atoms with E-state index >= 15 is 0 Å². The number of hydrogen-bond donors (Lipinski definition) is 3. The first-order chi connectivity index (χ1) is 12.5. The summed E-state index contributed by atoms with van der Waals surface area (Å²) in [7, 11) is 0. The van der Waals surface area contributed by atoms with Gasteiger partial charge in [0.1, 0.15) is 17.7 Å². The van der Waals surface area contributed by atoms with Gasteiger partial charge in [-0.2, -0.15) is 0 Å². The highest BCUT2D eigenvalue weighted by atomic mass is 16.6. The Morgan fingerprint density at radius 2 is 1.63 bits per heavy atom. The summed E-state index contributed by atoms with van der Waals surface area (Å²) in [5, 5.41) is 14.5. The fourth-order valence-electron chi connectivity index (χ4n) is 2.47. The van der Waals surface area contributed by atoms with Gasteiger partial charge < -0.3 is 20.5 Å². The van der Waals surface area contributed by atoms with Crippen molar-refractivity contribution in [2.75, 3.05) is 0 Å². The van der Waals surface area contributed by atoms with Crippen LogP contribution in [-0.4, -0.2) is 40.8 Å². The number of carboxylic acid groups (broad SMARTS) is 1. The zero-order valence-corrected chi connectivity index (χ0v) is 16.6. The highest BCUT2D eigenvalue weighted by Gasteiger charge is 2.28. The van der Waals surface area contributed by atoms with Gasteiger partial charge in [0.15, 0.2) is 0 Å². The summed E-state index contributed by atoms with van der Waals surface area (Å²) in [6.45, 7) is 9.00. The van der Waals surface area contributed by atoms with E-state index in [0.29, 0.717) is 6.42 Å². The van der Waals surface area contributed by atoms with Crippen molar-refractivity contribution >= 4 is 18.0 Å². The minimum Gasteiger partial charge on any atom is -0.480 e. The molecule has 1 aromatic rings. The lowest BCUT2D eigenvalue weighted by Gasteiger charge is -2.25. The number of aliphatic carboxylic acids is 1. The van der Waals surface area contributed by atoms with Crippen molar-refractivity contribution in [3.05, 3.63) is 35.9 Å². The molecule has 1 aromatic carbocycles. The minimum absolute atomic E-state index is 0.119. The second-order valence-electron chi connectivity index (χ2n) is 7.92. The molecule has 27 heavy (non-hydrogen) atoms. The van der Waals surface area contributed by atoms with E-state index in [1.54, 1.807) is 32.9 Å². The number of benzene rings is 1. The number of amides is 2. The van der Waals surface area contributed by atoms with E-state index in [0.717, 1.165) is 5.56 Å². The lowest BCUT2D eigenvalue weighted by atomic mass is 10.0. The first-order valence-corrected chi connectivity index (χ1v) is 9.04. The molecule has 0 aliphatic carbocycles. The molecule has 0 unspecified atom stereocenters. The van der Waals surface area contributed by atoms with Gasteiger partial charge >= 0.3 is 12.1 Å². The zero-order chi connectivity index (χ0) is 20.6. The van der Waals surface area contributed by atoms with E-state index in [1.165, 1.54) is 0 Å². The summed E-state index contributed by atoms with van der Waals surface area (Å²) >= 11 is 0. The number of carbonyl (C=O) groups excluding carboxylic acids is 2. The van der Waals surface area contributed by atoms with Crippen LogP contribution in [0.5, 0.6) is 0 Å². The van der Waals surface area contributed by atoms with Crippen LogP contribution in [0.3, 0.4) is 0 Å². The van der Waals surface area contributed by atoms with Gasteiger partial charge in [0.25, 0.3) is 0 Å². The van der Waals surface area contributed by atoms with Gasteiger partial charge in [-0.1, -0.05) is 44.2 Å². The molecule has 0 saturated heterocycles. The molecule has 0 aliphatic heterocycles. The molecule has 0 radical (unpaired) electrons. The smallest absolute Gasteiger partial charge is 0.408 e. The van der Waals surface area contributed by atoms with Crippen LogP contribution in [0, 0.1) is 5.92 Å². The number of ether oxygens (including phenoxy) is 1. The zero-order valence-electron chi connectivity index (χ0n) is 16.6. The molecule has 0 aromatic heterocycles. The average molecular weight is 378 g/mol. The van der Waals surface area contributed by atoms with Crippen LogP contribution >= 0.6 is 0 Å². The van der Waals surface area contributed by atoms with E-state index in [4.69, 9.17) is 4.74 Å². The van der Waals surface area contributed by atoms with Gasteiger partial charge in [0.2, 0.25) is 5.91 Å². The molecule has 0 fully saturated rings. The van der Waals surface area contributed by atoms with Crippen LogP contribution in [0.15, 0.2) is 30.3 Å². The highest BCUT2D eigenvalue weighted by Crippen LogP contribution is 2.10. The number of carboxylic acids is 1. The number of hydrogen-bond acceptors (Lipinski definition) is 4. The van der Waals surface area contributed by atoms with E-state index < -0.39 is 35.7 Å². The molecular formula is C20H30N2O5. The van der Waals surface area contributed by atoms with Crippen LogP contribution in [0.4, 0.5) is 4.79 Å². The Morgan fingerprint density at radius 3 is 2.11 bits per heavy atom. The molecule has 7 heteroatoms. The van der Waals surface area contributed by atoms with Gasteiger partial charge in [0.05, 0.1) is 0 Å². The Bertz CT molecular complexity index is 638. The maximum absolute atomic E-state index is 12.6.